The lowest BCUT2D eigenvalue weighted by atomic mass is 10.2. The van der Waals surface area contributed by atoms with E-state index in [4.69, 9.17) is 0 Å². The number of aromatic nitrogens is 1. The fourth-order valence-electron chi connectivity index (χ4n) is 1.06. The van der Waals surface area contributed by atoms with Gasteiger partial charge in [0.1, 0.15) is 0 Å². The number of carbonyl (C=O) groups excluding carboxylic acids is 1. The van der Waals surface area contributed by atoms with E-state index in [0.29, 0.717) is 13.0 Å². The van der Waals surface area contributed by atoms with Gasteiger partial charge in [-0.1, -0.05) is 6.07 Å². The molecule has 0 radical (unpaired) electrons. The summed E-state index contributed by atoms with van der Waals surface area (Å²) in [6, 6.07) is 3.60. The first kappa shape index (κ1) is 13.1. The van der Waals surface area contributed by atoms with E-state index in [1.165, 1.54) is 6.08 Å². The largest absolute Gasteiger partial charge is 0.352 e. The van der Waals surface area contributed by atoms with Gasteiger partial charge >= 0.3 is 0 Å². The number of rotatable bonds is 5. The van der Waals surface area contributed by atoms with Gasteiger partial charge in [-0.3, -0.25) is 9.78 Å². The summed E-state index contributed by atoms with van der Waals surface area (Å²) in [6.07, 6.45) is 6.60. The third-order valence-corrected chi connectivity index (χ3v) is 2.32. The average Bonchev–Trinajstić information content (AvgIpc) is 2.33. The van der Waals surface area contributed by atoms with Gasteiger partial charge in [-0.2, -0.15) is 8.42 Å². The maximum Gasteiger partial charge on any atom is 0.244 e. The van der Waals surface area contributed by atoms with Gasteiger partial charge < -0.3 is 5.32 Å². The molecule has 0 saturated heterocycles. The van der Waals surface area contributed by atoms with Crippen LogP contribution in [-0.2, 0) is 15.1 Å². The number of pyridine rings is 1. The number of hydrogen-bond donors (Lipinski definition) is 1. The fourth-order valence-corrected chi connectivity index (χ4v) is 1.37. The Hall–Kier alpha value is -1.95. The van der Waals surface area contributed by atoms with Crippen molar-refractivity contribution in [3.63, 3.8) is 0 Å². The van der Waals surface area contributed by atoms with Gasteiger partial charge in [0.2, 0.25) is 16.2 Å². The lowest BCUT2D eigenvalue weighted by molar-refractivity contribution is -0.116. The molecule has 5 nitrogen and oxygen atoms in total. The summed E-state index contributed by atoms with van der Waals surface area (Å²) in [5, 5.41) is 3.66. The number of carbonyl (C=O) groups is 1. The van der Waals surface area contributed by atoms with Gasteiger partial charge in [-0.15, -0.1) is 0 Å². The molecule has 1 heterocycles. The highest BCUT2D eigenvalue weighted by Gasteiger charge is 1.93. The van der Waals surface area contributed by atoms with Gasteiger partial charge in [0.05, 0.1) is 0 Å². The summed E-state index contributed by atoms with van der Waals surface area (Å²) in [5.41, 5.74) is 0.829. The second-order valence-electron chi connectivity index (χ2n) is 3.13. The maximum atomic E-state index is 11.3. The summed E-state index contributed by atoms with van der Waals surface area (Å²) in [7, 11) is -2.17. The number of nitrogens with one attached hydrogen (secondary N) is 1. The third-order valence-electron chi connectivity index (χ3n) is 1.81. The molecule has 0 unspecified atom stereocenters. The number of amides is 1. The number of hydrogen-bond acceptors (Lipinski definition) is 4. The highest BCUT2D eigenvalue weighted by atomic mass is 32.2. The quantitative estimate of drug-likeness (QED) is 0.464. The highest BCUT2D eigenvalue weighted by Crippen LogP contribution is 1.97. The van der Waals surface area contributed by atoms with Gasteiger partial charge in [0.15, 0.2) is 0 Å². The van der Waals surface area contributed by atoms with Crippen LogP contribution in [0, 0.1) is 0 Å². The molecule has 6 heteroatoms. The zero-order chi connectivity index (χ0) is 12.5. The minimum atomic E-state index is -2.17. The van der Waals surface area contributed by atoms with Crippen LogP contribution >= 0.6 is 0 Å². The van der Waals surface area contributed by atoms with Gasteiger partial charge in [0.25, 0.3) is 0 Å². The molecule has 1 aromatic heterocycles. The summed E-state index contributed by atoms with van der Waals surface area (Å²) in [6.45, 7) is 0.296. The normalized spacial score (nSPS) is 10.1. The minimum Gasteiger partial charge on any atom is -0.352 e. The Morgan fingerprint density at radius 3 is 2.94 bits per heavy atom. The first-order valence-corrected chi connectivity index (χ1v) is 6.09. The van der Waals surface area contributed by atoms with E-state index in [1.807, 2.05) is 6.07 Å². The van der Waals surface area contributed by atoms with Crippen molar-refractivity contribution in [1.82, 2.24) is 10.3 Å². The lowest BCUT2D eigenvalue weighted by Gasteiger charge is -1.97. The molecule has 1 amide bonds. The van der Waals surface area contributed by atoms with Gasteiger partial charge in [-0.05, 0) is 24.1 Å². The van der Waals surface area contributed by atoms with E-state index < -0.39 is 10.3 Å². The van der Waals surface area contributed by atoms with Crippen LogP contribution in [0.2, 0.25) is 0 Å². The molecule has 0 aliphatic rings. The predicted molar refractivity (Wildman–Crippen MR) is 65.9 cm³/mol. The summed E-state index contributed by atoms with van der Waals surface area (Å²) in [5.74, 6) is -0.265. The van der Waals surface area contributed by atoms with Crippen molar-refractivity contribution in [1.29, 1.82) is 0 Å². The van der Waals surface area contributed by atoms with Gasteiger partial charge in [-0.25, -0.2) is 0 Å². The molecule has 0 bridgehead atoms. The van der Waals surface area contributed by atoms with E-state index in [1.54, 1.807) is 24.5 Å². The lowest BCUT2D eigenvalue weighted by Crippen LogP contribution is -2.22. The van der Waals surface area contributed by atoms with Crippen molar-refractivity contribution in [2.75, 3.05) is 6.54 Å². The van der Waals surface area contributed by atoms with Gasteiger partial charge in [0, 0.05) is 30.4 Å². The zero-order valence-electron chi connectivity index (χ0n) is 9.04. The molecular formula is C11H12N2O3S. The van der Waals surface area contributed by atoms with Crippen LogP contribution in [0.15, 0.2) is 30.6 Å². The Morgan fingerprint density at radius 2 is 2.29 bits per heavy atom. The van der Waals surface area contributed by atoms with E-state index in [2.05, 4.69) is 10.3 Å². The fraction of sp³-hybridized carbons (Fsp3) is 0.182. The molecule has 0 aliphatic carbocycles. The molecule has 1 N–H and O–H groups in total. The Bertz CT molecular complexity index is 513. The molecule has 0 aliphatic heterocycles. The molecule has 0 aromatic carbocycles. The molecule has 1 aromatic rings. The topological polar surface area (TPSA) is 76.1 Å². The van der Waals surface area contributed by atoms with Crippen LogP contribution in [0.5, 0.6) is 0 Å². The van der Waals surface area contributed by atoms with Crippen molar-refractivity contribution in [2.24, 2.45) is 0 Å². The van der Waals surface area contributed by atoms with Crippen LogP contribution in [0.25, 0.3) is 6.08 Å². The Balaban J connectivity index is 2.35. The second kappa shape index (κ2) is 7.34. The average molecular weight is 252 g/mol. The van der Waals surface area contributed by atoms with E-state index in [0.717, 1.165) is 10.9 Å². The summed E-state index contributed by atoms with van der Waals surface area (Å²) in [4.78, 5) is 15.2. The van der Waals surface area contributed by atoms with E-state index in [-0.39, 0.29) is 5.91 Å². The van der Waals surface area contributed by atoms with E-state index in [9.17, 15) is 13.2 Å². The Morgan fingerprint density at radius 1 is 1.47 bits per heavy atom. The SMILES string of the molecule is O=C(C=Cc1cccnc1)NCCC=S(=O)=O. The Kier molecular flexibility index (Phi) is 5.67. The molecule has 0 fully saturated rings. The summed E-state index contributed by atoms with van der Waals surface area (Å²) < 4.78 is 20.3. The van der Waals surface area contributed by atoms with Crippen LogP contribution < -0.4 is 5.32 Å². The first-order valence-electron chi connectivity index (χ1n) is 4.96. The van der Waals surface area contributed by atoms with Crippen molar-refractivity contribution < 1.29 is 13.2 Å². The van der Waals surface area contributed by atoms with Crippen molar-refractivity contribution in [3.8, 4) is 0 Å². The minimum absolute atomic E-state index is 0.265. The molecule has 1 rings (SSSR count). The highest BCUT2D eigenvalue weighted by molar-refractivity contribution is 7.71. The van der Waals surface area contributed by atoms with Crippen LogP contribution in [0.3, 0.4) is 0 Å². The molecule has 0 atom stereocenters. The van der Waals surface area contributed by atoms with Crippen molar-refractivity contribution >= 4 is 27.6 Å². The van der Waals surface area contributed by atoms with Crippen LogP contribution in [0.1, 0.15) is 12.0 Å². The van der Waals surface area contributed by atoms with Crippen molar-refractivity contribution in [2.45, 2.75) is 6.42 Å². The standard InChI is InChI=1S/C11H12N2O3S/c14-11(13-7-2-8-17(15)16)5-4-10-3-1-6-12-9-10/h1,3-6,8-9H,2,7H2,(H,13,14). The predicted octanol–water partition coefficient (Wildman–Crippen LogP) is 0.282. The monoisotopic (exact) mass is 252 g/mol. The molecule has 90 valence electrons. The second-order valence-corrected chi connectivity index (χ2v) is 3.98. The molecule has 17 heavy (non-hydrogen) atoms. The molecule has 0 spiro atoms. The van der Waals surface area contributed by atoms with Crippen LogP contribution in [0.4, 0.5) is 0 Å². The molecule has 0 saturated carbocycles. The molecular weight excluding hydrogens is 240 g/mol. The summed E-state index contributed by atoms with van der Waals surface area (Å²) >= 11 is 0. The Labute approximate surface area is 101 Å². The third kappa shape index (κ3) is 6.26. The maximum absolute atomic E-state index is 11.3. The zero-order valence-corrected chi connectivity index (χ0v) is 9.85. The number of nitrogens with zero attached hydrogens (tertiary/aromatic N) is 1. The van der Waals surface area contributed by atoms with Crippen LogP contribution in [-0.4, -0.2) is 31.2 Å². The first-order chi connectivity index (χ1) is 8.18. The van der Waals surface area contributed by atoms with Crippen molar-refractivity contribution in [3.05, 3.63) is 36.2 Å². The smallest absolute Gasteiger partial charge is 0.244 e. The van der Waals surface area contributed by atoms with E-state index >= 15 is 0 Å².